The third kappa shape index (κ3) is 5.35. The molecule has 37 heavy (non-hydrogen) atoms. The quantitative estimate of drug-likeness (QED) is 0.307. The van der Waals surface area contributed by atoms with Gasteiger partial charge in [0.15, 0.2) is 5.82 Å². The van der Waals surface area contributed by atoms with Crippen LogP contribution in [0.2, 0.25) is 0 Å². The summed E-state index contributed by atoms with van der Waals surface area (Å²) in [4.78, 5) is 28.0. The van der Waals surface area contributed by atoms with Crippen LogP contribution < -0.4 is 0 Å². The first-order valence-electron chi connectivity index (χ1n) is 11.7. The van der Waals surface area contributed by atoms with Gasteiger partial charge in [-0.1, -0.05) is 12.1 Å². The number of rotatable bonds is 7. The molecule has 1 atom stereocenters. The van der Waals surface area contributed by atoms with Gasteiger partial charge in [0.1, 0.15) is 12.1 Å². The summed E-state index contributed by atoms with van der Waals surface area (Å²) in [6.45, 7) is 2.10. The topological polar surface area (TPSA) is 76.8 Å². The zero-order valence-electron chi connectivity index (χ0n) is 19.7. The van der Waals surface area contributed by atoms with Gasteiger partial charge in [0.2, 0.25) is 0 Å². The van der Waals surface area contributed by atoms with Crippen molar-refractivity contribution in [3.63, 3.8) is 0 Å². The van der Waals surface area contributed by atoms with E-state index < -0.39 is 29.5 Å². The van der Waals surface area contributed by atoms with E-state index in [1.807, 2.05) is 0 Å². The summed E-state index contributed by atoms with van der Waals surface area (Å²) in [5, 5.41) is 4.19. The second kappa shape index (κ2) is 9.72. The molecule has 1 aliphatic carbocycles. The molecule has 11 heteroatoms. The summed E-state index contributed by atoms with van der Waals surface area (Å²) in [5.74, 6) is -0.192. The lowest BCUT2D eigenvalue weighted by atomic mass is 9.98. The minimum atomic E-state index is -4.68. The number of benzene rings is 2. The Bertz CT molecular complexity index is 1400. The van der Waals surface area contributed by atoms with Crippen LogP contribution in [0.25, 0.3) is 17.1 Å². The maximum Gasteiger partial charge on any atom is 0.416 e. The molecule has 2 aromatic carbocycles. The number of aromatic nitrogens is 5. The third-order valence-corrected chi connectivity index (χ3v) is 6.25. The minimum Gasteiger partial charge on any atom is -0.328 e. The van der Waals surface area contributed by atoms with Crippen LogP contribution >= 0.6 is 0 Å². The number of amides is 1. The number of carbonyl (C=O) groups excluding carboxylic acids is 1. The van der Waals surface area contributed by atoms with E-state index in [-0.39, 0.29) is 23.0 Å². The zero-order chi connectivity index (χ0) is 26.2. The van der Waals surface area contributed by atoms with Crippen molar-refractivity contribution in [1.82, 2.24) is 29.6 Å². The summed E-state index contributed by atoms with van der Waals surface area (Å²) in [6, 6.07) is 9.32. The fraction of sp³-hybridized carbons (Fsp3) is 0.269. The number of halogens is 4. The predicted octanol–water partition coefficient (Wildman–Crippen LogP) is 5.50. The maximum atomic E-state index is 13.8. The molecule has 0 saturated heterocycles. The van der Waals surface area contributed by atoms with Gasteiger partial charge in [-0.05, 0) is 73.2 Å². The lowest BCUT2D eigenvalue weighted by Gasteiger charge is -2.29. The van der Waals surface area contributed by atoms with E-state index in [1.54, 1.807) is 25.4 Å². The minimum absolute atomic E-state index is 0.122. The van der Waals surface area contributed by atoms with Gasteiger partial charge in [0.25, 0.3) is 11.9 Å². The highest BCUT2D eigenvalue weighted by Crippen LogP contribution is 2.36. The Labute approximate surface area is 209 Å². The van der Waals surface area contributed by atoms with E-state index in [2.05, 4.69) is 20.1 Å². The van der Waals surface area contributed by atoms with Gasteiger partial charge in [-0.2, -0.15) is 23.0 Å². The first-order valence-corrected chi connectivity index (χ1v) is 11.7. The van der Waals surface area contributed by atoms with Crippen LogP contribution in [0.5, 0.6) is 0 Å². The van der Waals surface area contributed by atoms with Crippen LogP contribution in [0.1, 0.15) is 47.6 Å². The standard InChI is InChI=1S/C26H22F4N6O/c1-16(23-33-15-34-36(23)25-31-9-2-10-32-25)35(14-17-3-4-17)24(37)20-11-19(12-21(13-20)26(28,29)30)18-5-7-22(27)8-6-18/h2,5-13,15-17H,3-4,14H2,1H3. The Morgan fingerprint density at radius 1 is 1.05 bits per heavy atom. The van der Waals surface area contributed by atoms with Crippen LogP contribution in [0.3, 0.4) is 0 Å². The molecule has 2 aromatic heterocycles. The van der Waals surface area contributed by atoms with Gasteiger partial charge >= 0.3 is 6.18 Å². The lowest BCUT2D eigenvalue weighted by Crippen LogP contribution is -2.37. The molecule has 0 radical (unpaired) electrons. The molecule has 1 fully saturated rings. The monoisotopic (exact) mass is 510 g/mol. The molecule has 1 amide bonds. The molecule has 2 heterocycles. The van der Waals surface area contributed by atoms with E-state index in [0.29, 0.717) is 17.9 Å². The van der Waals surface area contributed by atoms with Crippen LogP contribution in [0.15, 0.2) is 67.3 Å². The van der Waals surface area contributed by atoms with Gasteiger partial charge in [0.05, 0.1) is 11.6 Å². The zero-order valence-corrected chi connectivity index (χ0v) is 19.7. The van der Waals surface area contributed by atoms with Crippen molar-refractivity contribution >= 4 is 5.91 Å². The second-order valence-corrected chi connectivity index (χ2v) is 8.96. The highest BCUT2D eigenvalue weighted by atomic mass is 19.4. The Morgan fingerprint density at radius 2 is 1.76 bits per heavy atom. The molecule has 190 valence electrons. The van der Waals surface area contributed by atoms with Crippen LogP contribution in [-0.2, 0) is 6.18 Å². The first-order chi connectivity index (χ1) is 17.7. The van der Waals surface area contributed by atoms with Crippen molar-refractivity contribution < 1.29 is 22.4 Å². The average Bonchev–Trinajstić information content (AvgIpc) is 3.58. The molecule has 7 nitrogen and oxygen atoms in total. The Kier molecular flexibility index (Phi) is 6.45. The van der Waals surface area contributed by atoms with Gasteiger partial charge in [-0.3, -0.25) is 4.79 Å². The molecule has 5 rings (SSSR count). The molecule has 0 aliphatic heterocycles. The van der Waals surface area contributed by atoms with Crippen LogP contribution in [0.4, 0.5) is 17.6 Å². The molecular weight excluding hydrogens is 488 g/mol. The smallest absolute Gasteiger partial charge is 0.328 e. The van der Waals surface area contributed by atoms with Crippen LogP contribution in [-0.4, -0.2) is 42.1 Å². The number of hydrogen-bond donors (Lipinski definition) is 0. The third-order valence-electron chi connectivity index (χ3n) is 6.25. The molecule has 1 aliphatic rings. The highest BCUT2D eigenvalue weighted by Gasteiger charge is 2.36. The summed E-state index contributed by atoms with van der Waals surface area (Å²) < 4.78 is 56.3. The molecule has 0 bridgehead atoms. The summed E-state index contributed by atoms with van der Waals surface area (Å²) >= 11 is 0. The van der Waals surface area contributed by atoms with Gasteiger partial charge in [-0.25, -0.2) is 19.3 Å². The number of hydrogen-bond acceptors (Lipinski definition) is 5. The van der Waals surface area contributed by atoms with Gasteiger partial charge in [0, 0.05) is 24.5 Å². The van der Waals surface area contributed by atoms with E-state index in [4.69, 9.17) is 0 Å². The average molecular weight is 510 g/mol. The fourth-order valence-electron chi connectivity index (χ4n) is 4.11. The summed E-state index contributed by atoms with van der Waals surface area (Å²) in [7, 11) is 0. The number of carbonyl (C=O) groups is 1. The van der Waals surface area contributed by atoms with Gasteiger partial charge < -0.3 is 4.90 Å². The Hall–Kier alpha value is -4.15. The normalized spacial score (nSPS) is 14.4. The molecule has 1 unspecified atom stereocenters. The van der Waals surface area contributed by atoms with E-state index in [9.17, 15) is 22.4 Å². The summed E-state index contributed by atoms with van der Waals surface area (Å²) in [6.07, 6.45) is 1.58. The van der Waals surface area contributed by atoms with Crippen molar-refractivity contribution in [1.29, 1.82) is 0 Å². The highest BCUT2D eigenvalue weighted by molar-refractivity contribution is 5.96. The van der Waals surface area contributed by atoms with Crippen molar-refractivity contribution in [2.75, 3.05) is 6.54 Å². The Balaban J connectivity index is 1.55. The van der Waals surface area contributed by atoms with Crippen molar-refractivity contribution in [2.24, 2.45) is 5.92 Å². The van der Waals surface area contributed by atoms with Gasteiger partial charge in [-0.15, -0.1) is 0 Å². The number of nitrogens with zero attached hydrogens (tertiary/aromatic N) is 6. The first kappa shape index (κ1) is 24.5. The van der Waals surface area contributed by atoms with Crippen molar-refractivity contribution in [3.05, 3.63) is 90.0 Å². The van der Waals surface area contributed by atoms with Crippen molar-refractivity contribution in [3.8, 4) is 17.1 Å². The van der Waals surface area contributed by atoms with Crippen molar-refractivity contribution in [2.45, 2.75) is 32.0 Å². The molecular formula is C26H22F4N6O. The molecule has 1 saturated carbocycles. The summed E-state index contributed by atoms with van der Waals surface area (Å²) in [5.41, 5.74) is -0.552. The molecule has 4 aromatic rings. The molecule has 0 N–H and O–H groups in total. The van der Waals surface area contributed by atoms with E-state index in [0.717, 1.165) is 37.1 Å². The SMILES string of the molecule is CC(c1ncnn1-c1ncccn1)N(CC1CC1)C(=O)c1cc(-c2ccc(F)cc2)cc(C(F)(F)F)c1. The van der Waals surface area contributed by atoms with Crippen LogP contribution in [0, 0.1) is 11.7 Å². The largest absolute Gasteiger partial charge is 0.416 e. The van der Waals surface area contributed by atoms with E-state index >= 15 is 0 Å². The predicted molar refractivity (Wildman–Crippen MR) is 126 cm³/mol. The maximum absolute atomic E-state index is 13.8. The fourth-order valence-corrected chi connectivity index (χ4v) is 4.11. The Morgan fingerprint density at radius 3 is 2.41 bits per heavy atom. The lowest BCUT2D eigenvalue weighted by molar-refractivity contribution is -0.137. The molecule has 0 spiro atoms. The number of alkyl halides is 3. The second-order valence-electron chi connectivity index (χ2n) is 8.96. The van der Waals surface area contributed by atoms with E-state index in [1.165, 1.54) is 34.1 Å².